The van der Waals surface area contributed by atoms with Crippen LogP contribution in [0.15, 0.2) is 158 Å². The predicted molar refractivity (Wildman–Crippen MR) is 348 cm³/mol. The lowest BCUT2D eigenvalue weighted by atomic mass is 10.0. The first-order valence-corrected chi connectivity index (χ1v) is 32.5. The number of ether oxygens (including phenoxy) is 3. The van der Waals surface area contributed by atoms with E-state index < -0.39 is 12.1 Å². The molecule has 0 spiro atoms. The van der Waals surface area contributed by atoms with Gasteiger partial charge in [0.25, 0.3) is 0 Å². The summed E-state index contributed by atoms with van der Waals surface area (Å²) in [7, 11) is 0. The Morgan fingerprint density at radius 1 is 0.275 bits per heavy atom. The molecule has 0 aromatic carbocycles. The standard InChI is InChI=1S/C74H118O6/c1-4-7-10-13-16-19-22-25-28-30-32-34-35-36-37-38-39-40-42-43-46-49-52-55-58-61-64-67-73(76)79-70-71(69-78-72(75)66-63-60-57-54-51-48-45-27-24-21-18-15-12-9-6-3)80-74(77)68-65-62-59-56-53-50-47-44-41-33-31-29-26-23-20-17-14-11-8-5-2/h7,9-10,12,16,18-19,21,25,27-28,32,34,36-37,39-40,43,45-46,51-52,54-55,60,63,71H,4-6,8,11,13-15,17,20,22-24,26,29-31,33,35,38,41-42,44,47-50,53,56-59,61-62,64-70H2,1-3H3/b10-7-,12-9-,19-16-,21-18-,28-25-,34-32-,37-36-,40-39-,45-27-,46-43-,54-51-,55-52-,63-60-. The van der Waals surface area contributed by atoms with E-state index in [1.807, 2.05) is 6.08 Å². The van der Waals surface area contributed by atoms with Crippen molar-refractivity contribution in [2.45, 2.75) is 277 Å². The van der Waals surface area contributed by atoms with Crippen molar-refractivity contribution in [1.29, 1.82) is 0 Å². The van der Waals surface area contributed by atoms with Crippen molar-refractivity contribution in [3.63, 3.8) is 0 Å². The Morgan fingerprint density at radius 3 is 0.875 bits per heavy atom. The maximum Gasteiger partial charge on any atom is 0.309 e. The highest BCUT2D eigenvalue weighted by Gasteiger charge is 2.19. The van der Waals surface area contributed by atoms with Crippen LogP contribution in [0.25, 0.3) is 0 Å². The van der Waals surface area contributed by atoms with E-state index in [2.05, 4.69) is 167 Å². The van der Waals surface area contributed by atoms with Crippen molar-refractivity contribution in [1.82, 2.24) is 0 Å². The molecule has 0 fully saturated rings. The lowest BCUT2D eigenvalue weighted by molar-refractivity contribution is -0.166. The van der Waals surface area contributed by atoms with Gasteiger partial charge in [-0.05, 0) is 109 Å². The van der Waals surface area contributed by atoms with Crippen LogP contribution in [-0.4, -0.2) is 37.2 Å². The van der Waals surface area contributed by atoms with Crippen molar-refractivity contribution in [3.05, 3.63) is 158 Å². The van der Waals surface area contributed by atoms with Crippen LogP contribution in [0.4, 0.5) is 0 Å². The Hall–Kier alpha value is -4.97. The number of carbonyl (C=O) groups excluding carboxylic acids is 3. The van der Waals surface area contributed by atoms with Gasteiger partial charge in [-0.1, -0.05) is 301 Å². The molecule has 80 heavy (non-hydrogen) atoms. The lowest BCUT2D eigenvalue weighted by Gasteiger charge is -2.18. The second-order valence-electron chi connectivity index (χ2n) is 20.9. The van der Waals surface area contributed by atoms with Crippen LogP contribution in [0.3, 0.4) is 0 Å². The summed E-state index contributed by atoms with van der Waals surface area (Å²) in [5.41, 5.74) is 0. The SMILES string of the molecule is CC/C=C\C/C=C\C/C=C\C/C=C\C/C=C\C/C=C\C/C=C\C/C=C\CCCCC(=O)OCC(COC(=O)C/C=C\C/C=C\C/C=C\C/C=C\C/C=C\CC)OC(=O)CCCCCCCCCCCCCCCCCCCCCC. The van der Waals surface area contributed by atoms with E-state index in [0.29, 0.717) is 12.8 Å². The fourth-order valence-corrected chi connectivity index (χ4v) is 8.53. The van der Waals surface area contributed by atoms with E-state index in [9.17, 15) is 14.4 Å². The Kier molecular flexibility index (Phi) is 62.4. The molecular formula is C74H118O6. The monoisotopic (exact) mass is 1100 g/mol. The first-order valence-electron chi connectivity index (χ1n) is 32.5. The minimum atomic E-state index is -0.843. The Labute approximate surface area is 492 Å². The zero-order valence-electron chi connectivity index (χ0n) is 51.5. The molecule has 0 saturated heterocycles. The van der Waals surface area contributed by atoms with Gasteiger partial charge in [-0.3, -0.25) is 14.4 Å². The van der Waals surface area contributed by atoms with Crippen molar-refractivity contribution >= 4 is 17.9 Å². The number of hydrogen-bond acceptors (Lipinski definition) is 6. The van der Waals surface area contributed by atoms with Gasteiger partial charge in [0, 0.05) is 12.8 Å². The fourth-order valence-electron chi connectivity index (χ4n) is 8.53. The smallest absolute Gasteiger partial charge is 0.309 e. The van der Waals surface area contributed by atoms with E-state index in [0.717, 1.165) is 116 Å². The number of esters is 3. The van der Waals surface area contributed by atoms with Gasteiger partial charge < -0.3 is 14.2 Å². The van der Waals surface area contributed by atoms with Crippen molar-refractivity contribution in [2.75, 3.05) is 13.2 Å². The Morgan fingerprint density at radius 2 is 0.537 bits per heavy atom. The number of carbonyl (C=O) groups is 3. The molecule has 6 nitrogen and oxygen atoms in total. The highest BCUT2D eigenvalue weighted by atomic mass is 16.6. The van der Waals surface area contributed by atoms with E-state index >= 15 is 0 Å². The van der Waals surface area contributed by atoms with Crippen LogP contribution >= 0.6 is 0 Å². The summed E-state index contributed by atoms with van der Waals surface area (Å²) in [6.45, 7) is 6.30. The molecule has 0 N–H and O–H groups in total. The molecule has 0 aliphatic rings. The summed E-state index contributed by atoms with van der Waals surface area (Å²) >= 11 is 0. The second-order valence-corrected chi connectivity index (χ2v) is 20.9. The van der Waals surface area contributed by atoms with Crippen LogP contribution in [0.2, 0.25) is 0 Å². The number of hydrogen-bond donors (Lipinski definition) is 0. The summed E-state index contributed by atoms with van der Waals surface area (Å²) in [5.74, 6) is -1.11. The maximum absolute atomic E-state index is 12.9. The first-order chi connectivity index (χ1) is 39.5. The van der Waals surface area contributed by atoms with Gasteiger partial charge in [0.2, 0.25) is 0 Å². The molecule has 0 saturated carbocycles. The molecule has 450 valence electrons. The molecule has 0 aliphatic carbocycles. The molecular weight excluding hydrogens is 985 g/mol. The highest BCUT2D eigenvalue weighted by molar-refractivity contribution is 5.72. The lowest BCUT2D eigenvalue weighted by Crippen LogP contribution is -2.30. The van der Waals surface area contributed by atoms with Gasteiger partial charge in [0.05, 0.1) is 6.42 Å². The number of rotatable bonds is 57. The topological polar surface area (TPSA) is 78.9 Å². The quantitative estimate of drug-likeness (QED) is 0.0261. The van der Waals surface area contributed by atoms with Gasteiger partial charge in [-0.2, -0.15) is 0 Å². The number of allylic oxidation sites excluding steroid dienone is 25. The van der Waals surface area contributed by atoms with Crippen molar-refractivity contribution in [3.8, 4) is 0 Å². The maximum atomic E-state index is 12.9. The van der Waals surface area contributed by atoms with Crippen LogP contribution in [0.5, 0.6) is 0 Å². The summed E-state index contributed by atoms with van der Waals surface area (Å²) in [6.07, 6.45) is 97.1. The predicted octanol–water partition coefficient (Wildman–Crippen LogP) is 22.5. The summed E-state index contributed by atoms with van der Waals surface area (Å²) in [4.78, 5) is 38.3. The molecule has 0 bridgehead atoms. The molecule has 6 heteroatoms. The van der Waals surface area contributed by atoms with E-state index in [4.69, 9.17) is 14.2 Å². The van der Waals surface area contributed by atoms with Crippen molar-refractivity contribution in [2.24, 2.45) is 0 Å². The molecule has 0 heterocycles. The molecule has 0 amide bonds. The normalized spacial score (nSPS) is 13.2. The van der Waals surface area contributed by atoms with Gasteiger partial charge in [-0.25, -0.2) is 0 Å². The van der Waals surface area contributed by atoms with Crippen molar-refractivity contribution < 1.29 is 28.6 Å². The first kappa shape index (κ1) is 75.0. The van der Waals surface area contributed by atoms with Gasteiger partial charge in [0.1, 0.15) is 13.2 Å². The number of unbranched alkanes of at least 4 members (excludes halogenated alkanes) is 21. The summed E-state index contributed by atoms with van der Waals surface area (Å²) < 4.78 is 16.8. The van der Waals surface area contributed by atoms with Gasteiger partial charge in [0.15, 0.2) is 6.10 Å². The molecule has 0 aromatic rings. The molecule has 0 aromatic heterocycles. The van der Waals surface area contributed by atoms with Gasteiger partial charge >= 0.3 is 17.9 Å². The van der Waals surface area contributed by atoms with E-state index in [-0.39, 0.29) is 38.0 Å². The third-order valence-electron chi connectivity index (χ3n) is 13.3. The van der Waals surface area contributed by atoms with Gasteiger partial charge in [-0.15, -0.1) is 0 Å². The van der Waals surface area contributed by atoms with Crippen LogP contribution in [0, 0.1) is 0 Å². The third kappa shape index (κ3) is 63.9. The largest absolute Gasteiger partial charge is 0.462 e. The fraction of sp³-hybridized carbons (Fsp3) is 0.608. The van der Waals surface area contributed by atoms with E-state index in [1.54, 1.807) is 6.08 Å². The zero-order valence-corrected chi connectivity index (χ0v) is 51.5. The van der Waals surface area contributed by atoms with E-state index in [1.165, 1.54) is 109 Å². The Bertz CT molecular complexity index is 1790. The molecule has 0 radical (unpaired) electrons. The second kappa shape index (κ2) is 66.5. The summed E-state index contributed by atoms with van der Waals surface area (Å²) in [6, 6.07) is 0. The van der Waals surface area contributed by atoms with Crippen LogP contribution in [-0.2, 0) is 28.6 Å². The minimum absolute atomic E-state index is 0.114. The van der Waals surface area contributed by atoms with Crippen LogP contribution in [0.1, 0.15) is 271 Å². The molecule has 1 atom stereocenters. The molecule has 0 aliphatic heterocycles. The van der Waals surface area contributed by atoms with Crippen LogP contribution < -0.4 is 0 Å². The average Bonchev–Trinajstić information content (AvgIpc) is 3.46. The zero-order chi connectivity index (χ0) is 57.8. The minimum Gasteiger partial charge on any atom is -0.462 e. The Balaban J connectivity index is 4.52. The molecule has 0 rings (SSSR count). The molecule has 1 unspecified atom stereocenters. The highest BCUT2D eigenvalue weighted by Crippen LogP contribution is 2.16. The summed E-state index contributed by atoms with van der Waals surface area (Å²) in [5, 5.41) is 0. The average molecular weight is 1100 g/mol. The third-order valence-corrected chi connectivity index (χ3v) is 13.3.